The summed E-state index contributed by atoms with van der Waals surface area (Å²) in [5.41, 5.74) is 0. The van der Waals surface area contributed by atoms with E-state index in [9.17, 15) is 0 Å². The third-order valence-corrected chi connectivity index (χ3v) is 2.16. The average molecular weight is 174 g/mol. The maximum atomic E-state index is 8.91. The lowest BCUT2D eigenvalue weighted by atomic mass is 10.3. The van der Waals surface area contributed by atoms with Crippen molar-refractivity contribution in [2.24, 2.45) is 0 Å². The molecule has 3 atom stereocenters. The van der Waals surface area contributed by atoms with E-state index in [1.807, 2.05) is 13.8 Å². The quantitative estimate of drug-likeness (QED) is 0.634. The maximum absolute atomic E-state index is 8.91. The van der Waals surface area contributed by atoms with Crippen molar-refractivity contribution < 1.29 is 14.6 Å². The molecule has 3 heteroatoms. The van der Waals surface area contributed by atoms with Crippen molar-refractivity contribution in [3.63, 3.8) is 0 Å². The lowest BCUT2D eigenvalue weighted by molar-refractivity contribution is 0.119. The lowest BCUT2D eigenvalue weighted by Crippen LogP contribution is -2.08. The number of fused-ring (bicyclic) bond motifs is 1. The van der Waals surface area contributed by atoms with Crippen molar-refractivity contribution in [2.45, 2.75) is 45.0 Å². The molecule has 0 bridgehead atoms. The third kappa shape index (κ3) is 2.73. The van der Waals surface area contributed by atoms with Gasteiger partial charge in [-0.05, 0) is 26.7 Å². The number of rotatable bonds is 2. The van der Waals surface area contributed by atoms with Crippen LogP contribution >= 0.6 is 0 Å². The van der Waals surface area contributed by atoms with E-state index >= 15 is 0 Å². The van der Waals surface area contributed by atoms with E-state index in [-0.39, 0.29) is 12.2 Å². The molecule has 0 amide bonds. The Morgan fingerprint density at radius 3 is 2.08 bits per heavy atom. The van der Waals surface area contributed by atoms with Crippen LogP contribution in [0.25, 0.3) is 0 Å². The predicted octanol–water partition coefficient (Wildman–Crippen LogP) is 0.951. The van der Waals surface area contributed by atoms with E-state index in [0.717, 1.165) is 26.1 Å². The molecule has 3 nitrogen and oxygen atoms in total. The maximum Gasteiger partial charge on any atom is 0.110 e. The standard InChI is InChI=1S/C5H8O2.C4H10O/c6-3-1-2-4-5(3)7-4;1-3-5-4-2/h3-6H,1-2H2;3-4H2,1-2H3. The molecule has 1 heterocycles. The van der Waals surface area contributed by atoms with E-state index in [4.69, 9.17) is 14.6 Å². The zero-order chi connectivity index (χ0) is 8.97. The second-order valence-corrected chi connectivity index (χ2v) is 3.07. The van der Waals surface area contributed by atoms with Gasteiger partial charge in [-0.3, -0.25) is 0 Å². The van der Waals surface area contributed by atoms with Gasteiger partial charge in [-0.1, -0.05) is 0 Å². The first-order valence-electron chi connectivity index (χ1n) is 4.70. The molecule has 2 fully saturated rings. The topological polar surface area (TPSA) is 42.0 Å². The summed E-state index contributed by atoms with van der Waals surface area (Å²) in [6.45, 7) is 5.67. The summed E-state index contributed by atoms with van der Waals surface area (Å²) in [4.78, 5) is 0. The van der Waals surface area contributed by atoms with Crippen LogP contribution in [-0.2, 0) is 9.47 Å². The van der Waals surface area contributed by atoms with Crippen molar-refractivity contribution in [1.82, 2.24) is 0 Å². The minimum atomic E-state index is -0.134. The zero-order valence-corrected chi connectivity index (χ0v) is 7.82. The Labute approximate surface area is 73.7 Å². The van der Waals surface area contributed by atoms with Crippen LogP contribution in [0.5, 0.6) is 0 Å². The fraction of sp³-hybridized carbons (Fsp3) is 1.00. The van der Waals surface area contributed by atoms with Crippen LogP contribution in [0, 0.1) is 0 Å². The average Bonchev–Trinajstić information content (AvgIpc) is 2.76. The molecule has 0 aromatic carbocycles. The van der Waals surface area contributed by atoms with Gasteiger partial charge in [0.25, 0.3) is 0 Å². The number of ether oxygens (including phenoxy) is 2. The van der Waals surface area contributed by atoms with Gasteiger partial charge in [0.05, 0.1) is 12.2 Å². The summed E-state index contributed by atoms with van der Waals surface area (Å²) in [7, 11) is 0. The van der Waals surface area contributed by atoms with Crippen LogP contribution in [0.15, 0.2) is 0 Å². The molecule has 2 rings (SSSR count). The normalized spacial score (nSPS) is 36.8. The van der Waals surface area contributed by atoms with Gasteiger partial charge < -0.3 is 14.6 Å². The number of aliphatic hydroxyl groups is 1. The van der Waals surface area contributed by atoms with Crippen molar-refractivity contribution in [1.29, 1.82) is 0 Å². The van der Waals surface area contributed by atoms with Gasteiger partial charge in [0.1, 0.15) is 6.10 Å². The molecule has 0 aromatic rings. The second kappa shape index (κ2) is 4.80. The molecule has 0 radical (unpaired) electrons. The first-order chi connectivity index (χ1) is 5.79. The highest BCUT2D eigenvalue weighted by Crippen LogP contribution is 2.38. The first kappa shape index (κ1) is 9.96. The Bertz CT molecular complexity index is 125. The monoisotopic (exact) mass is 174 g/mol. The summed E-state index contributed by atoms with van der Waals surface area (Å²) in [5.74, 6) is 0. The molecule has 1 saturated heterocycles. The summed E-state index contributed by atoms with van der Waals surface area (Å²) in [6, 6.07) is 0. The minimum Gasteiger partial charge on any atom is -0.390 e. The number of hydrogen-bond donors (Lipinski definition) is 1. The summed E-state index contributed by atoms with van der Waals surface area (Å²) < 4.78 is 9.85. The summed E-state index contributed by atoms with van der Waals surface area (Å²) >= 11 is 0. The fourth-order valence-corrected chi connectivity index (χ4v) is 1.43. The van der Waals surface area contributed by atoms with Crippen LogP contribution in [0.4, 0.5) is 0 Å². The van der Waals surface area contributed by atoms with Crippen LogP contribution in [0.2, 0.25) is 0 Å². The van der Waals surface area contributed by atoms with E-state index in [0.29, 0.717) is 6.10 Å². The van der Waals surface area contributed by atoms with E-state index in [1.54, 1.807) is 0 Å². The Morgan fingerprint density at radius 2 is 2.00 bits per heavy atom. The molecule has 72 valence electrons. The molecule has 2 aliphatic rings. The minimum absolute atomic E-state index is 0.134. The smallest absolute Gasteiger partial charge is 0.110 e. The fourth-order valence-electron chi connectivity index (χ4n) is 1.43. The lowest BCUT2D eigenvalue weighted by Gasteiger charge is -1.96. The number of epoxide rings is 1. The summed E-state index contributed by atoms with van der Waals surface area (Å²) in [5, 5.41) is 8.91. The highest BCUT2D eigenvalue weighted by molar-refractivity contribution is 4.97. The molecular formula is C9H18O3. The molecule has 3 unspecified atom stereocenters. The van der Waals surface area contributed by atoms with Gasteiger partial charge in [-0.25, -0.2) is 0 Å². The van der Waals surface area contributed by atoms with Crippen molar-refractivity contribution in [3.05, 3.63) is 0 Å². The predicted molar refractivity (Wildman–Crippen MR) is 46.1 cm³/mol. The van der Waals surface area contributed by atoms with Gasteiger partial charge in [0, 0.05) is 13.2 Å². The van der Waals surface area contributed by atoms with Crippen LogP contribution in [0.3, 0.4) is 0 Å². The molecule has 0 spiro atoms. The van der Waals surface area contributed by atoms with Gasteiger partial charge >= 0.3 is 0 Å². The number of hydrogen-bond acceptors (Lipinski definition) is 3. The molecule has 1 saturated carbocycles. The molecular weight excluding hydrogens is 156 g/mol. The van der Waals surface area contributed by atoms with E-state index < -0.39 is 0 Å². The van der Waals surface area contributed by atoms with Gasteiger partial charge in [0.15, 0.2) is 0 Å². The van der Waals surface area contributed by atoms with Crippen molar-refractivity contribution in [2.75, 3.05) is 13.2 Å². The first-order valence-corrected chi connectivity index (χ1v) is 4.70. The summed E-state index contributed by atoms with van der Waals surface area (Å²) in [6.07, 6.45) is 2.57. The Balaban J connectivity index is 0.000000130. The number of aliphatic hydroxyl groups excluding tert-OH is 1. The van der Waals surface area contributed by atoms with Crippen molar-refractivity contribution >= 4 is 0 Å². The van der Waals surface area contributed by atoms with Crippen molar-refractivity contribution in [3.8, 4) is 0 Å². The van der Waals surface area contributed by atoms with Crippen LogP contribution in [0.1, 0.15) is 26.7 Å². The molecule has 1 aliphatic carbocycles. The zero-order valence-electron chi connectivity index (χ0n) is 7.82. The third-order valence-electron chi connectivity index (χ3n) is 2.16. The Morgan fingerprint density at radius 1 is 1.33 bits per heavy atom. The van der Waals surface area contributed by atoms with Gasteiger partial charge in [-0.2, -0.15) is 0 Å². The van der Waals surface area contributed by atoms with Crippen LogP contribution < -0.4 is 0 Å². The highest BCUT2D eigenvalue weighted by Gasteiger charge is 2.49. The highest BCUT2D eigenvalue weighted by atomic mass is 16.6. The van der Waals surface area contributed by atoms with E-state index in [2.05, 4.69) is 0 Å². The SMILES string of the molecule is CCOCC.OC1CCC2OC12. The second-order valence-electron chi connectivity index (χ2n) is 3.07. The molecule has 1 aliphatic heterocycles. The van der Waals surface area contributed by atoms with E-state index in [1.165, 1.54) is 0 Å². The Kier molecular flexibility index (Phi) is 3.98. The van der Waals surface area contributed by atoms with Crippen LogP contribution in [-0.4, -0.2) is 36.6 Å². The van der Waals surface area contributed by atoms with Gasteiger partial charge in [-0.15, -0.1) is 0 Å². The molecule has 12 heavy (non-hydrogen) atoms. The van der Waals surface area contributed by atoms with Gasteiger partial charge in [0.2, 0.25) is 0 Å². The largest absolute Gasteiger partial charge is 0.390 e. The molecule has 0 aromatic heterocycles. The molecule has 1 N–H and O–H groups in total. The Hall–Kier alpha value is -0.120.